The first kappa shape index (κ1) is 20.2. The summed E-state index contributed by atoms with van der Waals surface area (Å²) in [6.45, 7) is 1.31. The van der Waals surface area contributed by atoms with E-state index in [-0.39, 0.29) is 0 Å². The molecule has 0 bridgehead atoms. The fraction of sp³-hybridized carbons (Fsp3) is 0.368. The Bertz CT molecular complexity index is 1060. The third-order valence-corrected chi connectivity index (χ3v) is 4.77. The van der Waals surface area contributed by atoms with Crippen molar-refractivity contribution in [2.24, 2.45) is 0 Å². The van der Waals surface area contributed by atoms with Crippen molar-refractivity contribution in [3.8, 4) is 5.75 Å². The number of aromatic nitrogens is 4. The van der Waals surface area contributed by atoms with Gasteiger partial charge in [-0.3, -0.25) is 9.36 Å². The number of rotatable bonds is 6. The molecule has 0 radical (unpaired) electrons. The average molecular weight is 415 g/mol. The molecular weight excluding hydrogens is 394 g/mol. The van der Waals surface area contributed by atoms with E-state index in [0.717, 1.165) is 5.56 Å². The minimum atomic E-state index is -1.24. The highest BCUT2D eigenvalue weighted by molar-refractivity contribution is 5.82. The van der Waals surface area contributed by atoms with Gasteiger partial charge >= 0.3 is 5.97 Å². The summed E-state index contributed by atoms with van der Waals surface area (Å²) < 4.78 is 12.1. The number of carbonyl (C=O) groups is 1. The smallest absolute Gasteiger partial charge is 0.308 e. The minimum Gasteiger partial charge on any atom is -0.427 e. The number of carbonyl (C=O) groups excluding carboxylic acids is 1. The summed E-state index contributed by atoms with van der Waals surface area (Å²) in [5.74, 6) is 0.514. The van der Waals surface area contributed by atoms with E-state index in [1.54, 1.807) is 18.2 Å². The van der Waals surface area contributed by atoms with Gasteiger partial charge in [-0.2, -0.15) is 0 Å². The number of fused-ring (bicyclic) bond motifs is 1. The van der Waals surface area contributed by atoms with Crippen LogP contribution in [0.3, 0.4) is 0 Å². The number of aliphatic hydroxyl groups is 3. The van der Waals surface area contributed by atoms with E-state index in [2.05, 4.69) is 20.3 Å². The molecule has 0 spiro atoms. The van der Waals surface area contributed by atoms with Crippen LogP contribution < -0.4 is 10.1 Å². The predicted octanol–water partition coefficient (Wildman–Crippen LogP) is -0.0248. The highest BCUT2D eigenvalue weighted by Gasteiger charge is 2.44. The van der Waals surface area contributed by atoms with Crippen LogP contribution in [0.15, 0.2) is 36.9 Å². The Labute approximate surface area is 170 Å². The second kappa shape index (κ2) is 8.32. The Hall–Kier alpha value is -3.12. The number of nitrogens with zero attached hydrogens (tertiary/aromatic N) is 4. The van der Waals surface area contributed by atoms with E-state index in [1.165, 1.54) is 24.1 Å². The van der Waals surface area contributed by atoms with Gasteiger partial charge in [-0.05, 0) is 17.7 Å². The van der Waals surface area contributed by atoms with Crippen molar-refractivity contribution in [3.63, 3.8) is 0 Å². The van der Waals surface area contributed by atoms with Crippen molar-refractivity contribution in [3.05, 3.63) is 42.5 Å². The predicted molar refractivity (Wildman–Crippen MR) is 103 cm³/mol. The van der Waals surface area contributed by atoms with E-state index in [4.69, 9.17) is 9.47 Å². The van der Waals surface area contributed by atoms with Gasteiger partial charge in [0.15, 0.2) is 23.2 Å². The van der Waals surface area contributed by atoms with Gasteiger partial charge in [0, 0.05) is 13.5 Å². The molecule has 1 saturated heterocycles. The first-order chi connectivity index (χ1) is 14.5. The molecule has 4 atom stereocenters. The van der Waals surface area contributed by atoms with Crippen LogP contribution in [0.4, 0.5) is 5.82 Å². The summed E-state index contributed by atoms with van der Waals surface area (Å²) in [5, 5.41) is 32.7. The molecule has 11 heteroatoms. The summed E-state index contributed by atoms with van der Waals surface area (Å²) in [7, 11) is 0. The van der Waals surface area contributed by atoms with Gasteiger partial charge in [0.1, 0.15) is 30.4 Å². The van der Waals surface area contributed by atoms with Crippen LogP contribution >= 0.6 is 0 Å². The quantitative estimate of drug-likeness (QED) is 0.319. The van der Waals surface area contributed by atoms with E-state index in [0.29, 0.717) is 29.3 Å². The zero-order valence-electron chi connectivity index (χ0n) is 16.0. The topological polar surface area (TPSA) is 152 Å². The van der Waals surface area contributed by atoms with Crippen LogP contribution in [-0.4, -0.2) is 65.7 Å². The van der Waals surface area contributed by atoms with E-state index < -0.39 is 37.1 Å². The monoisotopic (exact) mass is 415 g/mol. The van der Waals surface area contributed by atoms with Gasteiger partial charge in [0.2, 0.25) is 0 Å². The molecule has 1 fully saturated rings. The second-order valence-corrected chi connectivity index (χ2v) is 6.87. The number of anilines is 1. The number of esters is 1. The first-order valence-electron chi connectivity index (χ1n) is 9.29. The Morgan fingerprint density at radius 3 is 2.83 bits per heavy atom. The molecule has 11 nitrogen and oxygen atoms in total. The maximum atomic E-state index is 11.1. The van der Waals surface area contributed by atoms with Gasteiger partial charge in [0.25, 0.3) is 0 Å². The number of hydrogen-bond donors (Lipinski definition) is 4. The lowest BCUT2D eigenvalue weighted by Crippen LogP contribution is -2.33. The lowest BCUT2D eigenvalue weighted by Gasteiger charge is -2.16. The lowest BCUT2D eigenvalue weighted by atomic mass is 10.1. The molecule has 4 N–H and O–H groups in total. The van der Waals surface area contributed by atoms with Crippen molar-refractivity contribution in [2.75, 3.05) is 11.9 Å². The third kappa shape index (κ3) is 3.83. The molecule has 0 aliphatic carbocycles. The van der Waals surface area contributed by atoms with Crippen LogP contribution in [0.1, 0.15) is 18.7 Å². The molecule has 0 amide bonds. The van der Waals surface area contributed by atoms with E-state index >= 15 is 0 Å². The molecule has 3 aromatic rings. The molecule has 0 saturated carbocycles. The van der Waals surface area contributed by atoms with Gasteiger partial charge in [-0.1, -0.05) is 12.1 Å². The largest absolute Gasteiger partial charge is 0.427 e. The molecule has 1 aliphatic rings. The molecule has 2 aromatic heterocycles. The average Bonchev–Trinajstić information content (AvgIpc) is 3.28. The van der Waals surface area contributed by atoms with E-state index in [9.17, 15) is 20.1 Å². The van der Waals surface area contributed by atoms with E-state index in [1.807, 2.05) is 6.07 Å². The van der Waals surface area contributed by atoms with Crippen molar-refractivity contribution in [1.82, 2.24) is 19.5 Å². The molecule has 4 rings (SSSR count). The number of imidazole rings is 1. The maximum absolute atomic E-state index is 11.1. The molecular formula is C19H21N5O6. The molecule has 1 aromatic carbocycles. The minimum absolute atomic E-state index is 0.391. The molecule has 1 aliphatic heterocycles. The van der Waals surface area contributed by atoms with Crippen molar-refractivity contribution >= 4 is 23.0 Å². The Balaban J connectivity index is 1.55. The summed E-state index contributed by atoms with van der Waals surface area (Å²) >= 11 is 0. The molecule has 158 valence electrons. The van der Waals surface area contributed by atoms with Gasteiger partial charge in [-0.25, -0.2) is 15.0 Å². The first-order valence-corrected chi connectivity index (χ1v) is 9.29. The Morgan fingerprint density at radius 1 is 1.27 bits per heavy atom. The maximum Gasteiger partial charge on any atom is 0.308 e. The summed E-state index contributed by atoms with van der Waals surface area (Å²) in [6.07, 6.45) is -1.51. The number of aliphatic hydroxyl groups excluding tert-OH is 3. The molecule has 1 unspecified atom stereocenters. The number of ether oxygens (including phenoxy) is 2. The molecule has 3 heterocycles. The SMILES string of the molecule is CC(=O)Oc1cccc(CNc2ncnc3c2ncn3C2O[C@H](CO)[C@@H](O)[C@H]2O)c1. The second-order valence-electron chi connectivity index (χ2n) is 6.87. The fourth-order valence-corrected chi connectivity index (χ4v) is 3.35. The van der Waals surface area contributed by atoms with Crippen molar-refractivity contribution < 1.29 is 29.6 Å². The normalized spacial score (nSPS) is 23.6. The Kier molecular flexibility index (Phi) is 5.59. The number of benzene rings is 1. The highest BCUT2D eigenvalue weighted by atomic mass is 16.6. The number of nitrogens with one attached hydrogen (secondary N) is 1. The third-order valence-electron chi connectivity index (χ3n) is 4.77. The van der Waals surface area contributed by atoms with Crippen LogP contribution in [0, 0.1) is 0 Å². The van der Waals surface area contributed by atoms with Gasteiger partial charge in [-0.15, -0.1) is 0 Å². The summed E-state index contributed by atoms with van der Waals surface area (Å²) in [4.78, 5) is 23.9. The number of hydrogen-bond acceptors (Lipinski definition) is 10. The van der Waals surface area contributed by atoms with Crippen LogP contribution in [0.5, 0.6) is 5.75 Å². The zero-order valence-corrected chi connectivity index (χ0v) is 16.0. The molecule has 30 heavy (non-hydrogen) atoms. The van der Waals surface area contributed by atoms with Crippen LogP contribution in [0.25, 0.3) is 11.2 Å². The van der Waals surface area contributed by atoms with Gasteiger partial charge < -0.3 is 30.1 Å². The highest BCUT2D eigenvalue weighted by Crippen LogP contribution is 2.32. The Morgan fingerprint density at radius 2 is 2.10 bits per heavy atom. The fourth-order valence-electron chi connectivity index (χ4n) is 3.35. The van der Waals surface area contributed by atoms with Crippen molar-refractivity contribution in [1.29, 1.82) is 0 Å². The van der Waals surface area contributed by atoms with Crippen LogP contribution in [-0.2, 0) is 16.1 Å². The standard InChI is InChI=1S/C19H21N5O6/c1-10(26)29-12-4-2-3-11(5-12)6-20-17-14-18(22-8-21-17)24(9-23-14)19-16(28)15(27)13(7-25)30-19/h2-5,8-9,13,15-16,19,25,27-28H,6-7H2,1H3,(H,20,21,22)/t13-,15-,16-,19?/m1/s1. The lowest BCUT2D eigenvalue weighted by molar-refractivity contribution is -0.131. The van der Waals surface area contributed by atoms with Crippen molar-refractivity contribution in [2.45, 2.75) is 38.0 Å². The van der Waals surface area contributed by atoms with Gasteiger partial charge in [0.05, 0.1) is 12.9 Å². The summed E-state index contributed by atoms with van der Waals surface area (Å²) in [6, 6.07) is 7.08. The van der Waals surface area contributed by atoms with Crippen LogP contribution in [0.2, 0.25) is 0 Å². The summed E-state index contributed by atoms with van der Waals surface area (Å²) in [5.41, 5.74) is 1.71. The zero-order chi connectivity index (χ0) is 21.3.